The SMILES string of the molecule is O=S(=O)(NC[C@@H]1COc2ccccc2C1)c1ccc2c(c1)OCCO2. The van der Waals surface area contributed by atoms with Crippen LogP contribution in [0.5, 0.6) is 17.2 Å². The molecule has 0 saturated heterocycles. The van der Waals surface area contributed by atoms with Gasteiger partial charge in [0.2, 0.25) is 10.0 Å². The zero-order valence-electron chi connectivity index (χ0n) is 13.6. The van der Waals surface area contributed by atoms with Crippen molar-refractivity contribution >= 4 is 10.0 Å². The molecule has 2 aliphatic rings. The Balaban J connectivity index is 1.44. The van der Waals surface area contributed by atoms with Crippen LogP contribution in [0.1, 0.15) is 5.56 Å². The third kappa shape index (κ3) is 3.43. The Labute approximate surface area is 146 Å². The number of ether oxygens (including phenoxy) is 3. The van der Waals surface area contributed by atoms with Gasteiger partial charge in [0.1, 0.15) is 19.0 Å². The first-order valence-corrected chi connectivity index (χ1v) is 9.70. The van der Waals surface area contributed by atoms with E-state index in [4.69, 9.17) is 14.2 Å². The molecule has 25 heavy (non-hydrogen) atoms. The van der Waals surface area contributed by atoms with E-state index < -0.39 is 10.0 Å². The molecule has 132 valence electrons. The topological polar surface area (TPSA) is 73.9 Å². The Morgan fingerprint density at radius 3 is 2.64 bits per heavy atom. The maximum atomic E-state index is 12.6. The van der Waals surface area contributed by atoms with Crippen LogP contribution in [0.25, 0.3) is 0 Å². The lowest BCUT2D eigenvalue weighted by molar-refractivity contribution is 0.171. The molecule has 0 amide bonds. The van der Waals surface area contributed by atoms with Crippen molar-refractivity contribution < 1.29 is 22.6 Å². The lowest BCUT2D eigenvalue weighted by Crippen LogP contribution is -2.34. The Bertz CT molecular complexity index is 881. The molecular formula is C18H19NO5S. The molecule has 2 aliphatic heterocycles. The van der Waals surface area contributed by atoms with Gasteiger partial charge in [-0.3, -0.25) is 0 Å². The van der Waals surface area contributed by atoms with Gasteiger partial charge in [-0.25, -0.2) is 13.1 Å². The van der Waals surface area contributed by atoms with Crippen molar-refractivity contribution in [2.45, 2.75) is 11.3 Å². The predicted octanol–water partition coefficient (Wildman–Crippen LogP) is 1.99. The molecule has 0 unspecified atom stereocenters. The van der Waals surface area contributed by atoms with Crippen LogP contribution in [0, 0.1) is 5.92 Å². The summed E-state index contributed by atoms with van der Waals surface area (Å²) < 4.78 is 44.4. The van der Waals surface area contributed by atoms with E-state index in [9.17, 15) is 8.42 Å². The lowest BCUT2D eigenvalue weighted by atomic mass is 9.97. The summed E-state index contributed by atoms with van der Waals surface area (Å²) in [7, 11) is -3.61. The summed E-state index contributed by atoms with van der Waals surface area (Å²) in [6.45, 7) is 1.72. The second-order valence-electron chi connectivity index (χ2n) is 6.15. The third-order valence-electron chi connectivity index (χ3n) is 4.34. The Kier molecular flexibility index (Phi) is 4.27. The first kappa shape index (κ1) is 16.2. The zero-order chi connectivity index (χ0) is 17.3. The minimum absolute atomic E-state index is 0.0990. The maximum Gasteiger partial charge on any atom is 0.240 e. The number of hydrogen-bond donors (Lipinski definition) is 1. The highest BCUT2D eigenvalue weighted by atomic mass is 32.2. The van der Waals surface area contributed by atoms with E-state index >= 15 is 0 Å². The van der Waals surface area contributed by atoms with Crippen LogP contribution in [0.2, 0.25) is 0 Å². The highest BCUT2D eigenvalue weighted by molar-refractivity contribution is 7.89. The van der Waals surface area contributed by atoms with Gasteiger partial charge < -0.3 is 14.2 Å². The Morgan fingerprint density at radius 1 is 0.960 bits per heavy atom. The van der Waals surface area contributed by atoms with Gasteiger partial charge in [0.15, 0.2) is 11.5 Å². The van der Waals surface area contributed by atoms with Crippen LogP contribution in [-0.2, 0) is 16.4 Å². The summed E-state index contributed by atoms with van der Waals surface area (Å²) in [6.07, 6.45) is 0.792. The van der Waals surface area contributed by atoms with Crippen LogP contribution in [-0.4, -0.2) is 34.8 Å². The molecule has 0 aromatic heterocycles. The molecule has 0 radical (unpaired) electrons. The third-order valence-corrected chi connectivity index (χ3v) is 5.76. The average molecular weight is 361 g/mol. The van der Waals surface area contributed by atoms with Gasteiger partial charge in [-0.05, 0) is 30.2 Å². The van der Waals surface area contributed by atoms with E-state index in [0.29, 0.717) is 37.9 Å². The fraction of sp³-hybridized carbons (Fsp3) is 0.333. The standard InChI is InChI=1S/C18H19NO5S/c20-25(21,15-5-6-17-18(10-15)23-8-7-22-17)19-11-13-9-14-3-1-2-4-16(14)24-12-13/h1-6,10,13,19H,7-9,11-12H2/t13-/m1/s1. The van der Waals surface area contributed by atoms with Crippen LogP contribution >= 0.6 is 0 Å². The van der Waals surface area contributed by atoms with Gasteiger partial charge in [-0.1, -0.05) is 18.2 Å². The van der Waals surface area contributed by atoms with Gasteiger partial charge in [0.05, 0.1) is 11.5 Å². The highest BCUT2D eigenvalue weighted by Gasteiger charge is 2.23. The van der Waals surface area contributed by atoms with E-state index in [0.717, 1.165) is 17.7 Å². The maximum absolute atomic E-state index is 12.6. The summed E-state index contributed by atoms with van der Waals surface area (Å²) in [4.78, 5) is 0.175. The summed E-state index contributed by atoms with van der Waals surface area (Å²) in [5, 5.41) is 0. The van der Waals surface area contributed by atoms with Crippen molar-refractivity contribution in [2.75, 3.05) is 26.4 Å². The quantitative estimate of drug-likeness (QED) is 0.901. The van der Waals surface area contributed by atoms with E-state index in [2.05, 4.69) is 4.72 Å². The second-order valence-corrected chi connectivity index (χ2v) is 7.91. The molecule has 7 heteroatoms. The average Bonchev–Trinajstić information content (AvgIpc) is 2.66. The van der Waals surface area contributed by atoms with Crippen molar-refractivity contribution in [2.24, 2.45) is 5.92 Å². The predicted molar refractivity (Wildman–Crippen MR) is 91.8 cm³/mol. The number of rotatable bonds is 4. The minimum atomic E-state index is -3.61. The molecular weight excluding hydrogens is 342 g/mol. The zero-order valence-corrected chi connectivity index (χ0v) is 14.4. The van der Waals surface area contributed by atoms with Crippen molar-refractivity contribution in [3.05, 3.63) is 48.0 Å². The molecule has 1 N–H and O–H groups in total. The minimum Gasteiger partial charge on any atom is -0.493 e. The first-order valence-electron chi connectivity index (χ1n) is 8.22. The van der Waals surface area contributed by atoms with E-state index in [-0.39, 0.29) is 10.8 Å². The highest BCUT2D eigenvalue weighted by Crippen LogP contribution is 2.32. The summed E-state index contributed by atoms with van der Waals surface area (Å²) >= 11 is 0. The summed E-state index contributed by atoms with van der Waals surface area (Å²) in [5.74, 6) is 2.02. The van der Waals surface area contributed by atoms with Crippen LogP contribution in [0.3, 0.4) is 0 Å². The molecule has 0 saturated carbocycles. The molecule has 0 aliphatic carbocycles. The summed E-state index contributed by atoms with van der Waals surface area (Å²) in [6, 6.07) is 12.5. The lowest BCUT2D eigenvalue weighted by Gasteiger charge is -2.25. The van der Waals surface area contributed by atoms with Crippen LogP contribution < -0.4 is 18.9 Å². The van der Waals surface area contributed by atoms with Gasteiger partial charge in [-0.2, -0.15) is 0 Å². The molecule has 2 aromatic rings. The van der Waals surface area contributed by atoms with E-state index in [1.807, 2.05) is 24.3 Å². The molecule has 4 rings (SSSR count). The number of benzene rings is 2. The molecule has 2 heterocycles. The van der Waals surface area contributed by atoms with Crippen molar-refractivity contribution in [3.63, 3.8) is 0 Å². The van der Waals surface area contributed by atoms with Crippen molar-refractivity contribution in [3.8, 4) is 17.2 Å². The van der Waals surface area contributed by atoms with Gasteiger partial charge in [0, 0.05) is 18.5 Å². The monoisotopic (exact) mass is 361 g/mol. The number of sulfonamides is 1. The molecule has 6 nitrogen and oxygen atoms in total. The number of nitrogens with one attached hydrogen (secondary N) is 1. The fourth-order valence-electron chi connectivity index (χ4n) is 3.02. The van der Waals surface area contributed by atoms with Crippen molar-refractivity contribution in [1.82, 2.24) is 4.72 Å². The second kappa shape index (κ2) is 6.57. The summed E-state index contributed by atoms with van der Waals surface area (Å²) in [5.41, 5.74) is 1.11. The van der Waals surface area contributed by atoms with Crippen LogP contribution in [0.4, 0.5) is 0 Å². The molecule has 0 bridgehead atoms. The van der Waals surface area contributed by atoms with Crippen molar-refractivity contribution in [1.29, 1.82) is 0 Å². The van der Waals surface area contributed by atoms with Gasteiger partial charge in [0.25, 0.3) is 0 Å². The van der Waals surface area contributed by atoms with Gasteiger partial charge in [-0.15, -0.1) is 0 Å². The molecule has 2 aromatic carbocycles. The molecule has 0 spiro atoms. The smallest absolute Gasteiger partial charge is 0.240 e. The van der Waals surface area contributed by atoms with E-state index in [1.54, 1.807) is 6.07 Å². The normalized spacial score (nSPS) is 19.0. The molecule has 0 fully saturated rings. The van der Waals surface area contributed by atoms with E-state index in [1.165, 1.54) is 12.1 Å². The first-order chi connectivity index (χ1) is 12.1. The molecule has 1 atom stereocenters. The number of hydrogen-bond acceptors (Lipinski definition) is 5. The number of fused-ring (bicyclic) bond motifs is 2. The largest absolute Gasteiger partial charge is 0.493 e. The fourth-order valence-corrected chi connectivity index (χ4v) is 4.15. The van der Waals surface area contributed by atoms with Crippen LogP contribution in [0.15, 0.2) is 47.4 Å². The van der Waals surface area contributed by atoms with Gasteiger partial charge >= 0.3 is 0 Å². The Morgan fingerprint density at radius 2 is 1.76 bits per heavy atom. The number of para-hydroxylation sites is 1. The Hall–Kier alpha value is -2.25.